The average molecular weight is 304 g/mol. The number of benzene rings is 1. The van der Waals surface area contributed by atoms with Crippen molar-refractivity contribution in [2.24, 2.45) is 0 Å². The minimum absolute atomic E-state index is 0.0758. The van der Waals surface area contributed by atoms with Crippen molar-refractivity contribution >= 4 is 15.7 Å². The Morgan fingerprint density at radius 1 is 1.35 bits per heavy atom. The Morgan fingerprint density at radius 3 is 2.55 bits per heavy atom. The molecule has 0 radical (unpaired) electrons. The van der Waals surface area contributed by atoms with Gasteiger partial charge in [-0.3, -0.25) is 10.1 Å². The highest BCUT2D eigenvalue weighted by Crippen LogP contribution is 2.24. The second kappa shape index (κ2) is 6.76. The quantitative estimate of drug-likeness (QED) is 0.476. The summed E-state index contributed by atoms with van der Waals surface area (Å²) < 4.78 is 39.8. The van der Waals surface area contributed by atoms with Crippen LogP contribution in [0.25, 0.3) is 0 Å². The van der Waals surface area contributed by atoms with Crippen LogP contribution in [0.15, 0.2) is 17.0 Å². The summed E-state index contributed by atoms with van der Waals surface area (Å²) in [5.74, 6) is -1.01. The van der Waals surface area contributed by atoms with Gasteiger partial charge in [0.15, 0.2) is 0 Å². The normalized spacial score (nSPS) is 11.6. The Morgan fingerprint density at radius 2 is 2.00 bits per heavy atom. The highest BCUT2D eigenvalue weighted by Gasteiger charge is 2.23. The molecule has 0 aromatic heterocycles. The van der Waals surface area contributed by atoms with Crippen molar-refractivity contribution in [2.45, 2.75) is 38.0 Å². The van der Waals surface area contributed by atoms with Gasteiger partial charge >= 0.3 is 5.69 Å². The van der Waals surface area contributed by atoms with E-state index in [1.165, 1.54) is 6.92 Å². The first-order valence-electron chi connectivity index (χ1n) is 6.23. The van der Waals surface area contributed by atoms with E-state index in [-0.39, 0.29) is 17.0 Å². The predicted molar refractivity (Wildman–Crippen MR) is 72.5 cm³/mol. The van der Waals surface area contributed by atoms with Crippen molar-refractivity contribution in [2.75, 3.05) is 6.54 Å². The topological polar surface area (TPSA) is 89.3 Å². The average Bonchev–Trinajstić information content (AvgIpc) is 2.37. The van der Waals surface area contributed by atoms with Crippen LogP contribution in [0.1, 0.15) is 31.7 Å². The lowest BCUT2D eigenvalue weighted by Crippen LogP contribution is -2.25. The molecule has 0 atom stereocenters. The van der Waals surface area contributed by atoms with Gasteiger partial charge in [-0.05, 0) is 25.0 Å². The molecule has 6 nitrogen and oxygen atoms in total. The van der Waals surface area contributed by atoms with Crippen LogP contribution in [0.4, 0.5) is 10.1 Å². The molecule has 0 aliphatic carbocycles. The smallest absolute Gasteiger partial charge is 0.258 e. The highest BCUT2D eigenvalue weighted by atomic mass is 32.2. The summed E-state index contributed by atoms with van der Waals surface area (Å²) >= 11 is 0. The van der Waals surface area contributed by atoms with Crippen molar-refractivity contribution in [1.82, 2.24) is 4.72 Å². The van der Waals surface area contributed by atoms with Crippen LogP contribution >= 0.6 is 0 Å². The van der Waals surface area contributed by atoms with E-state index < -0.39 is 26.5 Å². The van der Waals surface area contributed by atoms with Crippen LogP contribution in [0, 0.1) is 22.9 Å². The molecule has 0 saturated carbocycles. The Labute approximate surface area is 117 Å². The standard InChI is InChI=1S/C12H17FN2O4S/c1-3-4-5-6-14-20(18,19)10-7-9(2)12(13)11(8-10)15(16)17/h7-8,14H,3-6H2,1-2H3. The number of halogens is 1. The number of nitrogens with one attached hydrogen (secondary N) is 1. The molecule has 0 aliphatic rings. The monoisotopic (exact) mass is 304 g/mol. The van der Waals surface area contributed by atoms with E-state index in [1.807, 2.05) is 6.92 Å². The number of rotatable bonds is 7. The molecule has 1 rings (SSSR count). The molecule has 1 aromatic rings. The van der Waals surface area contributed by atoms with E-state index in [4.69, 9.17) is 0 Å². The molecule has 20 heavy (non-hydrogen) atoms. The van der Waals surface area contributed by atoms with Gasteiger partial charge in [0, 0.05) is 12.6 Å². The van der Waals surface area contributed by atoms with Crippen molar-refractivity contribution in [3.8, 4) is 0 Å². The van der Waals surface area contributed by atoms with Gasteiger partial charge in [0.25, 0.3) is 0 Å². The largest absolute Gasteiger partial charge is 0.306 e. The molecule has 0 bridgehead atoms. The van der Waals surface area contributed by atoms with Gasteiger partial charge in [-0.1, -0.05) is 19.8 Å². The van der Waals surface area contributed by atoms with Crippen molar-refractivity contribution in [3.05, 3.63) is 33.6 Å². The summed E-state index contributed by atoms with van der Waals surface area (Å²) in [5.41, 5.74) is -0.910. The molecule has 8 heteroatoms. The summed E-state index contributed by atoms with van der Waals surface area (Å²) in [6, 6.07) is 1.83. The number of nitro benzene ring substituents is 1. The van der Waals surface area contributed by atoms with E-state index in [2.05, 4.69) is 4.72 Å². The number of hydrogen-bond donors (Lipinski definition) is 1. The minimum Gasteiger partial charge on any atom is -0.258 e. The Kier molecular flexibility index (Phi) is 5.58. The second-order valence-electron chi connectivity index (χ2n) is 4.44. The molecule has 0 unspecified atom stereocenters. The van der Waals surface area contributed by atoms with Crippen LogP contribution in [-0.4, -0.2) is 19.9 Å². The molecule has 1 N–H and O–H groups in total. The first-order valence-corrected chi connectivity index (χ1v) is 7.72. The third kappa shape index (κ3) is 3.97. The van der Waals surface area contributed by atoms with Crippen molar-refractivity contribution < 1.29 is 17.7 Å². The second-order valence-corrected chi connectivity index (χ2v) is 6.20. The summed E-state index contributed by atoms with van der Waals surface area (Å²) in [7, 11) is -3.86. The fraction of sp³-hybridized carbons (Fsp3) is 0.500. The zero-order valence-corrected chi connectivity index (χ0v) is 12.2. The third-order valence-electron chi connectivity index (χ3n) is 2.79. The maximum absolute atomic E-state index is 13.5. The molecule has 0 saturated heterocycles. The van der Waals surface area contributed by atoms with Gasteiger partial charge in [-0.2, -0.15) is 4.39 Å². The number of unbranched alkanes of at least 4 members (excludes halogenated alkanes) is 2. The molecule has 0 heterocycles. The Balaban J connectivity index is 3.04. The molecule has 1 aromatic carbocycles. The molecular formula is C12H17FN2O4S. The summed E-state index contributed by atoms with van der Waals surface area (Å²) in [6.45, 7) is 3.53. The summed E-state index contributed by atoms with van der Waals surface area (Å²) in [5, 5.41) is 10.7. The van der Waals surface area contributed by atoms with Crippen LogP contribution in [-0.2, 0) is 10.0 Å². The van der Waals surface area contributed by atoms with Gasteiger partial charge < -0.3 is 0 Å². The first kappa shape index (κ1) is 16.5. The van der Waals surface area contributed by atoms with Gasteiger partial charge in [-0.15, -0.1) is 0 Å². The van der Waals surface area contributed by atoms with Gasteiger partial charge in [0.05, 0.1) is 9.82 Å². The van der Waals surface area contributed by atoms with Crippen molar-refractivity contribution in [1.29, 1.82) is 0 Å². The predicted octanol–water partition coefficient (Wildman–Crippen LogP) is 2.51. The Hall–Kier alpha value is -1.54. The number of nitro groups is 1. The van der Waals surface area contributed by atoms with E-state index in [1.54, 1.807) is 0 Å². The van der Waals surface area contributed by atoms with E-state index >= 15 is 0 Å². The number of sulfonamides is 1. The van der Waals surface area contributed by atoms with Crippen LogP contribution < -0.4 is 4.72 Å². The van der Waals surface area contributed by atoms with Gasteiger partial charge in [0.1, 0.15) is 0 Å². The zero-order valence-electron chi connectivity index (χ0n) is 11.3. The van der Waals surface area contributed by atoms with E-state index in [9.17, 15) is 22.9 Å². The molecule has 0 spiro atoms. The molecule has 0 aliphatic heterocycles. The molecule has 0 fully saturated rings. The minimum atomic E-state index is -3.86. The van der Waals surface area contributed by atoms with Crippen LogP contribution in [0.2, 0.25) is 0 Å². The SMILES string of the molecule is CCCCCNS(=O)(=O)c1cc(C)c(F)c([N+](=O)[O-])c1. The maximum atomic E-state index is 13.5. The van der Waals surface area contributed by atoms with Crippen molar-refractivity contribution in [3.63, 3.8) is 0 Å². The maximum Gasteiger partial charge on any atom is 0.306 e. The van der Waals surface area contributed by atoms with Crippen LogP contribution in [0.5, 0.6) is 0 Å². The zero-order chi connectivity index (χ0) is 15.3. The fourth-order valence-corrected chi connectivity index (χ4v) is 2.85. The summed E-state index contributed by atoms with van der Waals surface area (Å²) in [6.07, 6.45) is 2.51. The molecular weight excluding hydrogens is 287 g/mol. The van der Waals surface area contributed by atoms with Gasteiger partial charge in [0.2, 0.25) is 15.8 Å². The van der Waals surface area contributed by atoms with Gasteiger partial charge in [-0.25, -0.2) is 13.1 Å². The first-order chi connectivity index (χ1) is 9.29. The number of hydrogen-bond acceptors (Lipinski definition) is 4. The number of aryl methyl sites for hydroxylation is 1. The summed E-state index contributed by atoms with van der Waals surface area (Å²) in [4.78, 5) is 9.48. The highest BCUT2D eigenvalue weighted by molar-refractivity contribution is 7.89. The van der Waals surface area contributed by atoms with E-state index in [0.29, 0.717) is 6.42 Å². The fourth-order valence-electron chi connectivity index (χ4n) is 1.67. The lowest BCUT2D eigenvalue weighted by molar-refractivity contribution is -0.387. The molecule has 112 valence electrons. The third-order valence-corrected chi connectivity index (χ3v) is 4.23. The van der Waals surface area contributed by atoms with E-state index in [0.717, 1.165) is 25.0 Å². The lowest BCUT2D eigenvalue weighted by atomic mass is 10.2. The number of nitrogens with zero attached hydrogens (tertiary/aromatic N) is 1. The lowest BCUT2D eigenvalue weighted by Gasteiger charge is -2.08. The van der Waals surface area contributed by atoms with Crippen LogP contribution in [0.3, 0.4) is 0 Å². The molecule has 0 amide bonds. The Bertz CT molecular complexity index is 602.